The molecule has 0 saturated carbocycles. The Morgan fingerprint density at radius 3 is 2.90 bits per heavy atom. The monoisotopic (exact) mass is 428 g/mol. The number of hydrogen-bond donors (Lipinski definition) is 2. The summed E-state index contributed by atoms with van der Waals surface area (Å²) in [6.45, 7) is 5.17. The molecule has 7 nitrogen and oxygen atoms in total. The first-order valence-electron chi connectivity index (χ1n) is 9.74. The highest BCUT2D eigenvalue weighted by Crippen LogP contribution is 2.21. The molecule has 0 bridgehead atoms. The maximum atomic E-state index is 14.7. The molecule has 2 N–H and O–H groups in total. The van der Waals surface area contributed by atoms with E-state index in [1.165, 1.54) is 6.07 Å². The van der Waals surface area contributed by atoms with Crippen LogP contribution in [0, 0.1) is 5.82 Å². The Morgan fingerprint density at radius 2 is 2.17 bits per heavy atom. The average molecular weight is 429 g/mol. The number of nitrogens with zero attached hydrogens (tertiary/aromatic N) is 4. The first kappa shape index (κ1) is 20.2. The van der Waals surface area contributed by atoms with Crippen LogP contribution in [0.15, 0.2) is 41.5 Å². The highest BCUT2D eigenvalue weighted by molar-refractivity contribution is 6.30. The van der Waals surface area contributed by atoms with E-state index < -0.39 is 0 Å². The Morgan fingerprint density at radius 1 is 1.33 bits per heavy atom. The Kier molecular flexibility index (Phi) is 5.59. The lowest BCUT2D eigenvalue weighted by molar-refractivity contribution is 0.0944. The Labute approximate surface area is 178 Å². The molecular formula is C21H22ClFN6O. The lowest BCUT2D eigenvalue weighted by atomic mass is 10.1. The molecule has 0 aliphatic carbocycles. The van der Waals surface area contributed by atoms with Gasteiger partial charge >= 0.3 is 0 Å². The number of fused-ring (bicyclic) bond motifs is 1. The third-order valence-corrected chi connectivity index (χ3v) is 5.15. The second-order valence-electron chi connectivity index (χ2n) is 7.04. The van der Waals surface area contributed by atoms with Gasteiger partial charge in [0.25, 0.3) is 5.91 Å². The molecule has 3 aromatic rings. The van der Waals surface area contributed by atoms with Gasteiger partial charge < -0.3 is 5.32 Å². The summed E-state index contributed by atoms with van der Waals surface area (Å²) >= 11 is 6.09. The fourth-order valence-corrected chi connectivity index (χ4v) is 3.65. The second kappa shape index (κ2) is 8.31. The summed E-state index contributed by atoms with van der Waals surface area (Å²) in [5, 5.41) is 5.11. The number of aryl methyl sites for hydroxylation is 1. The Balaban J connectivity index is 1.51. The van der Waals surface area contributed by atoms with Crippen LogP contribution < -0.4 is 15.8 Å². The first-order chi connectivity index (χ1) is 14.5. The minimum Gasteiger partial charge on any atom is -0.347 e. The summed E-state index contributed by atoms with van der Waals surface area (Å²) in [5.41, 5.74) is 5.95. The van der Waals surface area contributed by atoms with Crippen LogP contribution in [-0.2, 0) is 13.0 Å². The van der Waals surface area contributed by atoms with E-state index in [0.717, 1.165) is 5.84 Å². The standard InChI is InChI=1S/C21H22ClFN6O/c1-3-17-20(28-12-15(22)5-7-19(28)26-17)21(30)25-11-14-4-6-18(16(23)10-14)29-9-8-24-13(2)27-29/h4-7,10,12H,3,8-9,11H2,1-2H3,(H,24,27)(H,25,30). The third-order valence-electron chi connectivity index (χ3n) is 4.93. The SMILES string of the molecule is CCc1nc2ccc(Cl)cn2c1C(=O)NCc1ccc(N2CCN=C(C)N2)c(F)c1. The van der Waals surface area contributed by atoms with Gasteiger partial charge in [-0.15, -0.1) is 0 Å². The highest BCUT2D eigenvalue weighted by Gasteiger charge is 2.19. The summed E-state index contributed by atoms with van der Waals surface area (Å²) in [4.78, 5) is 21.6. The van der Waals surface area contributed by atoms with E-state index in [1.807, 2.05) is 13.8 Å². The molecule has 1 aliphatic heterocycles. The Hall–Kier alpha value is -3.13. The second-order valence-corrected chi connectivity index (χ2v) is 7.47. The molecule has 156 valence electrons. The van der Waals surface area contributed by atoms with Crippen LogP contribution in [-0.4, -0.2) is 34.2 Å². The quantitative estimate of drug-likeness (QED) is 0.653. The van der Waals surface area contributed by atoms with Crippen molar-refractivity contribution in [2.75, 3.05) is 18.1 Å². The number of hydrazine groups is 1. The van der Waals surface area contributed by atoms with Crippen molar-refractivity contribution < 1.29 is 9.18 Å². The number of carbonyl (C=O) groups excluding carboxylic acids is 1. The largest absolute Gasteiger partial charge is 0.347 e. The van der Waals surface area contributed by atoms with Crippen molar-refractivity contribution >= 4 is 34.7 Å². The minimum atomic E-state index is -0.361. The normalized spacial score (nSPS) is 13.9. The van der Waals surface area contributed by atoms with Gasteiger partial charge in [-0.25, -0.2) is 9.37 Å². The smallest absolute Gasteiger partial charge is 0.270 e. The number of aromatic nitrogens is 2. The Bertz CT molecular complexity index is 1140. The molecule has 0 unspecified atom stereocenters. The number of amides is 1. The molecule has 2 aromatic heterocycles. The zero-order valence-corrected chi connectivity index (χ0v) is 17.5. The molecule has 0 fully saturated rings. The molecule has 4 rings (SSSR count). The van der Waals surface area contributed by atoms with Crippen molar-refractivity contribution in [3.05, 3.63) is 64.3 Å². The topological polar surface area (TPSA) is 74.0 Å². The number of benzene rings is 1. The van der Waals surface area contributed by atoms with Crippen molar-refractivity contribution in [2.24, 2.45) is 4.99 Å². The van der Waals surface area contributed by atoms with E-state index in [9.17, 15) is 9.18 Å². The van der Waals surface area contributed by atoms with Crippen LogP contribution in [0.3, 0.4) is 0 Å². The van der Waals surface area contributed by atoms with Crippen LogP contribution in [0.1, 0.15) is 35.6 Å². The van der Waals surface area contributed by atoms with Crippen LogP contribution >= 0.6 is 11.6 Å². The number of carbonyl (C=O) groups is 1. The lowest BCUT2D eigenvalue weighted by Gasteiger charge is -2.29. The number of rotatable bonds is 5. The maximum absolute atomic E-state index is 14.7. The van der Waals surface area contributed by atoms with Crippen LogP contribution in [0.4, 0.5) is 10.1 Å². The molecule has 0 atom stereocenters. The van der Waals surface area contributed by atoms with Gasteiger partial charge in [0.2, 0.25) is 0 Å². The number of pyridine rings is 1. The zero-order chi connectivity index (χ0) is 21.3. The van der Waals surface area contributed by atoms with Crippen LogP contribution in [0.5, 0.6) is 0 Å². The number of aliphatic imine (C=N–C) groups is 1. The maximum Gasteiger partial charge on any atom is 0.270 e. The molecule has 30 heavy (non-hydrogen) atoms. The zero-order valence-electron chi connectivity index (χ0n) is 16.7. The molecule has 1 amide bonds. The van der Waals surface area contributed by atoms with Gasteiger partial charge in [-0.05, 0) is 43.2 Å². The van der Waals surface area contributed by atoms with Crippen molar-refractivity contribution in [2.45, 2.75) is 26.8 Å². The van der Waals surface area contributed by atoms with E-state index in [1.54, 1.807) is 39.9 Å². The first-order valence-corrected chi connectivity index (χ1v) is 10.1. The summed E-state index contributed by atoms with van der Waals surface area (Å²) in [6.07, 6.45) is 2.28. The lowest BCUT2D eigenvalue weighted by Crippen LogP contribution is -2.46. The molecule has 1 aliphatic rings. The van der Waals surface area contributed by atoms with Gasteiger partial charge in [0.15, 0.2) is 0 Å². The van der Waals surface area contributed by atoms with E-state index >= 15 is 0 Å². The number of halogens is 2. The van der Waals surface area contributed by atoms with Gasteiger partial charge in [0.1, 0.15) is 23.0 Å². The van der Waals surface area contributed by atoms with Gasteiger partial charge in [-0.3, -0.25) is 24.6 Å². The minimum absolute atomic E-state index is 0.195. The van der Waals surface area contributed by atoms with E-state index in [0.29, 0.717) is 52.8 Å². The van der Waals surface area contributed by atoms with E-state index in [2.05, 4.69) is 20.7 Å². The number of imidazole rings is 1. The molecular weight excluding hydrogens is 407 g/mol. The number of anilines is 1. The molecule has 0 saturated heterocycles. The van der Waals surface area contributed by atoms with Gasteiger partial charge in [0, 0.05) is 12.7 Å². The molecule has 1 aromatic carbocycles. The summed E-state index contributed by atoms with van der Waals surface area (Å²) in [5.74, 6) is 0.104. The molecule has 3 heterocycles. The predicted molar refractivity (Wildman–Crippen MR) is 116 cm³/mol. The van der Waals surface area contributed by atoms with Gasteiger partial charge in [-0.1, -0.05) is 24.6 Å². The number of nitrogens with one attached hydrogen (secondary N) is 2. The van der Waals surface area contributed by atoms with Crippen molar-refractivity contribution in [3.63, 3.8) is 0 Å². The summed E-state index contributed by atoms with van der Waals surface area (Å²) < 4.78 is 16.4. The highest BCUT2D eigenvalue weighted by atomic mass is 35.5. The molecule has 9 heteroatoms. The average Bonchev–Trinajstić information content (AvgIpc) is 3.10. The van der Waals surface area contributed by atoms with Gasteiger partial charge in [0.05, 0.1) is 29.5 Å². The van der Waals surface area contributed by atoms with Crippen LogP contribution in [0.2, 0.25) is 5.02 Å². The van der Waals surface area contributed by atoms with E-state index in [4.69, 9.17) is 11.6 Å². The van der Waals surface area contributed by atoms with Crippen molar-refractivity contribution in [3.8, 4) is 0 Å². The third kappa shape index (κ3) is 3.95. The summed E-state index contributed by atoms with van der Waals surface area (Å²) in [6, 6.07) is 8.44. The molecule has 0 spiro atoms. The van der Waals surface area contributed by atoms with E-state index in [-0.39, 0.29) is 18.3 Å². The van der Waals surface area contributed by atoms with Crippen molar-refractivity contribution in [1.82, 2.24) is 20.1 Å². The number of amidine groups is 1. The number of hydrogen-bond acceptors (Lipinski definition) is 5. The fraction of sp³-hybridized carbons (Fsp3) is 0.286. The predicted octanol–water partition coefficient (Wildman–Crippen LogP) is 3.36. The fourth-order valence-electron chi connectivity index (χ4n) is 3.48. The molecule has 0 radical (unpaired) electrons. The van der Waals surface area contributed by atoms with Gasteiger partial charge in [-0.2, -0.15) is 0 Å². The summed E-state index contributed by atoms with van der Waals surface area (Å²) in [7, 11) is 0. The van der Waals surface area contributed by atoms with Crippen molar-refractivity contribution in [1.29, 1.82) is 0 Å². The van der Waals surface area contributed by atoms with Crippen LogP contribution in [0.25, 0.3) is 5.65 Å².